The minimum atomic E-state index is -0.404. The van der Waals surface area contributed by atoms with Crippen LogP contribution in [0, 0.1) is 5.39 Å². The normalized spacial score (nSPS) is 11.8. The summed E-state index contributed by atoms with van der Waals surface area (Å²) in [4.78, 5) is 18.1. The van der Waals surface area contributed by atoms with Crippen LogP contribution < -0.4 is 4.90 Å². The van der Waals surface area contributed by atoms with E-state index in [9.17, 15) is 4.79 Å². The summed E-state index contributed by atoms with van der Waals surface area (Å²) in [5, 5.41) is 8.93. The van der Waals surface area contributed by atoms with E-state index in [2.05, 4.69) is 29.2 Å². The number of nitrogens with zero attached hydrogens (tertiary/aromatic N) is 3. The van der Waals surface area contributed by atoms with E-state index in [1.165, 1.54) is 22.3 Å². The molecule has 0 radical (unpaired) electrons. The lowest BCUT2D eigenvalue weighted by atomic mass is 9.98. The van der Waals surface area contributed by atoms with Gasteiger partial charge in [-0.2, -0.15) is 0 Å². The summed E-state index contributed by atoms with van der Waals surface area (Å²) in [6, 6.07) is 33.1. The molecule has 0 atom stereocenters. The van der Waals surface area contributed by atoms with Gasteiger partial charge >= 0.3 is 11.8 Å². The van der Waals surface area contributed by atoms with Crippen molar-refractivity contribution in [3.05, 3.63) is 125 Å². The molecule has 0 fully saturated rings. The number of rotatable bonds is 5. The van der Waals surface area contributed by atoms with E-state index in [1.807, 2.05) is 66.7 Å². The maximum absolute atomic E-state index is 13.3. The first-order valence-electron chi connectivity index (χ1n) is 10.9. The Hall–Kier alpha value is -4.43. The highest BCUT2D eigenvalue weighted by Gasteiger charge is 2.30. The summed E-state index contributed by atoms with van der Waals surface area (Å²) in [7, 11) is 0. The van der Waals surface area contributed by atoms with E-state index in [-0.39, 0.29) is 12.5 Å². The van der Waals surface area contributed by atoms with Gasteiger partial charge in [-0.1, -0.05) is 66.7 Å². The lowest BCUT2D eigenvalue weighted by molar-refractivity contribution is 0.150. The van der Waals surface area contributed by atoms with Gasteiger partial charge in [-0.3, -0.25) is 4.90 Å². The van der Waals surface area contributed by atoms with Gasteiger partial charge in [-0.25, -0.2) is 4.79 Å². The first-order valence-corrected chi connectivity index (χ1v) is 10.9. The zero-order valence-electron chi connectivity index (χ0n) is 18.0. The van der Waals surface area contributed by atoms with Gasteiger partial charge in [0.15, 0.2) is 4.98 Å². The number of fused-ring (bicyclic) bond motifs is 3. The molecule has 5 rings (SSSR count). The third-order valence-corrected chi connectivity index (χ3v) is 6.02. The Balaban J connectivity index is 1.38. The quantitative estimate of drug-likeness (QED) is 0.315. The van der Waals surface area contributed by atoms with Crippen LogP contribution in [0.2, 0.25) is 0 Å². The van der Waals surface area contributed by atoms with Gasteiger partial charge in [0.05, 0.1) is 6.54 Å². The van der Waals surface area contributed by atoms with Crippen LogP contribution in [0.1, 0.15) is 22.6 Å². The molecule has 1 aliphatic carbocycles. The molecule has 33 heavy (non-hydrogen) atoms. The van der Waals surface area contributed by atoms with Crippen molar-refractivity contribution in [2.75, 3.05) is 11.5 Å². The van der Waals surface area contributed by atoms with Crippen molar-refractivity contribution in [2.45, 2.75) is 12.5 Å². The number of carbonyl (C=O) groups is 1. The number of anilines is 1. The van der Waals surface area contributed by atoms with E-state index < -0.39 is 6.09 Å². The fourth-order valence-corrected chi connectivity index (χ4v) is 4.39. The Morgan fingerprint density at radius 1 is 0.788 bits per heavy atom. The Labute approximate surface area is 192 Å². The molecule has 5 heteroatoms. The van der Waals surface area contributed by atoms with Gasteiger partial charge in [0.1, 0.15) is 6.61 Å². The van der Waals surface area contributed by atoms with Crippen molar-refractivity contribution in [2.24, 2.45) is 0 Å². The van der Waals surface area contributed by atoms with E-state index in [0.717, 1.165) is 11.3 Å². The van der Waals surface area contributed by atoms with Crippen molar-refractivity contribution in [3.63, 3.8) is 0 Å². The molecule has 4 aromatic carbocycles. The van der Waals surface area contributed by atoms with E-state index in [1.54, 1.807) is 17.0 Å². The molecule has 5 nitrogen and oxygen atoms in total. The van der Waals surface area contributed by atoms with Crippen LogP contribution in [0.5, 0.6) is 0 Å². The lowest BCUT2D eigenvalue weighted by Gasteiger charge is -2.24. The number of benzene rings is 4. The van der Waals surface area contributed by atoms with E-state index >= 15 is 0 Å². The molecule has 0 bridgehead atoms. The van der Waals surface area contributed by atoms with Crippen molar-refractivity contribution >= 4 is 17.5 Å². The van der Waals surface area contributed by atoms with Crippen LogP contribution in [-0.2, 0) is 11.3 Å². The highest BCUT2D eigenvalue weighted by atomic mass is 16.6. The van der Waals surface area contributed by atoms with Crippen LogP contribution >= 0.6 is 0 Å². The number of amides is 1. The highest BCUT2D eigenvalue weighted by molar-refractivity contribution is 5.88. The van der Waals surface area contributed by atoms with Crippen molar-refractivity contribution in [1.82, 2.24) is 0 Å². The summed E-state index contributed by atoms with van der Waals surface area (Å²) in [6.07, 6.45) is -0.404. The van der Waals surface area contributed by atoms with Crippen molar-refractivity contribution in [1.29, 1.82) is 5.39 Å². The van der Waals surface area contributed by atoms with Gasteiger partial charge in [0.25, 0.3) is 0 Å². The average molecular weight is 433 g/mol. The number of ether oxygens (including phenoxy) is 1. The molecule has 0 aromatic heterocycles. The number of carbonyl (C=O) groups excluding carboxylic acids is 1. The minimum absolute atomic E-state index is 0.00410. The molecule has 0 saturated carbocycles. The fraction of sp³-hybridized carbons (Fsp3) is 0.107. The first-order chi connectivity index (χ1) is 16.2. The molecule has 0 aliphatic heterocycles. The number of hydrogen-bond donors (Lipinski definition) is 0. The monoisotopic (exact) mass is 432 g/mol. The second kappa shape index (κ2) is 8.97. The maximum Gasteiger partial charge on any atom is 0.414 e. The van der Waals surface area contributed by atoms with Crippen LogP contribution in [-0.4, -0.2) is 12.7 Å². The Bertz CT molecular complexity index is 1280. The fourth-order valence-electron chi connectivity index (χ4n) is 4.39. The standard InChI is InChI=1S/C28H22N3O2/c29-30-21-16-14-20(15-17-21)18-31(22-8-2-1-3-9-22)28(32)33-19-27-25-12-6-4-10-23(25)24-11-5-7-13-26(24)27/h1-17,27H,18-19H2/q+1. The lowest BCUT2D eigenvalue weighted by Crippen LogP contribution is -2.32. The topological polar surface area (TPSA) is 57.7 Å². The summed E-state index contributed by atoms with van der Waals surface area (Å²) >= 11 is 0. The molecule has 1 aliphatic rings. The van der Waals surface area contributed by atoms with E-state index in [0.29, 0.717) is 12.2 Å². The molecule has 160 valence electrons. The van der Waals surface area contributed by atoms with Gasteiger partial charge in [-0.05, 0) is 52.1 Å². The van der Waals surface area contributed by atoms with E-state index in [4.69, 9.17) is 10.1 Å². The molecule has 1 amide bonds. The summed E-state index contributed by atoms with van der Waals surface area (Å²) in [6.45, 7) is 0.602. The van der Waals surface area contributed by atoms with Crippen molar-refractivity contribution in [3.8, 4) is 11.1 Å². The van der Waals surface area contributed by atoms with Crippen LogP contribution in [0.25, 0.3) is 16.1 Å². The molecule has 0 heterocycles. The van der Waals surface area contributed by atoms with Gasteiger partial charge in [0.2, 0.25) is 5.39 Å². The molecular formula is C28H22N3O2+. The van der Waals surface area contributed by atoms with Crippen molar-refractivity contribution < 1.29 is 9.53 Å². The average Bonchev–Trinajstić information content (AvgIpc) is 3.20. The highest BCUT2D eigenvalue weighted by Crippen LogP contribution is 2.44. The predicted octanol–water partition coefficient (Wildman–Crippen LogP) is 7.13. The zero-order valence-corrected chi connectivity index (χ0v) is 18.0. The summed E-state index contributed by atoms with van der Waals surface area (Å²) < 4.78 is 5.90. The molecule has 0 unspecified atom stereocenters. The molecule has 0 N–H and O–H groups in total. The SMILES string of the molecule is N#[N+]c1ccc(CN(C(=O)OCC2c3ccccc3-c3ccccc32)c2ccccc2)cc1. The zero-order chi connectivity index (χ0) is 22.6. The Morgan fingerprint density at radius 3 is 1.97 bits per heavy atom. The minimum Gasteiger partial charge on any atom is -0.448 e. The third kappa shape index (κ3) is 4.07. The Morgan fingerprint density at radius 2 is 1.36 bits per heavy atom. The molecule has 0 saturated heterocycles. The molecular weight excluding hydrogens is 410 g/mol. The third-order valence-electron chi connectivity index (χ3n) is 6.02. The summed E-state index contributed by atoms with van der Waals surface area (Å²) in [5.74, 6) is 0.00410. The molecule has 4 aromatic rings. The molecule has 0 spiro atoms. The van der Waals surface area contributed by atoms with Gasteiger partial charge in [0, 0.05) is 23.7 Å². The largest absolute Gasteiger partial charge is 0.448 e. The second-order valence-corrected chi connectivity index (χ2v) is 7.99. The number of hydrogen-bond acceptors (Lipinski definition) is 3. The smallest absolute Gasteiger partial charge is 0.414 e. The van der Waals surface area contributed by atoms with Crippen LogP contribution in [0.15, 0.2) is 103 Å². The first kappa shape index (κ1) is 20.5. The summed E-state index contributed by atoms with van der Waals surface area (Å²) in [5.41, 5.74) is 6.88. The number of diazo groups is 1. The number of para-hydroxylation sites is 1. The van der Waals surface area contributed by atoms with Crippen LogP contribution in [0.3, 0.4) is 0 Å². The Kier molecular flexibility index (Phi) is 5.57. The van der Waals surface area contributed by atoms with Gasteiger partial charge < -0.3 is 4.74 Å². The van der Waals surface area contributed by atoms with Gasteiger partial charge in [-0.15, -0.1) is 0 Å². The predicted molar refractivity (Wildman–Crippen MR) is 129 cm³/mol. The van der Waals surface area contributed by atoms with Crippen LogP contribution in [0.4, 0.5) is 16.2 Å². The maximum atomic E-state index is 13.3. The second-order valence-electron chi connectivity index (χ2n) is 7.99.